The molecule has 4 rings (SSSR count). The van der Waals surface area contributed by atoms with Gasteiger partial charge in [-0.15, -0.1) is 11.8 Å². The van der Waals surface area contributed by atoms with Crippen LogP contribution in [0.4, 0.5) is 0 Å². The van der Waals surface area contributed by atoms with Gasteiger partial charge in [0, 0.05) is 23.4 Å². The standard InChI is InChI=1S/C23H27NO3S/c25-15-18(26)9-11-19-10-7-17-14-16(8-12-22(17)27-19)21-6-3-13-24-23(21)28-20-4-1-2-5-20/h3,6,8,12-14,19-20,25H,1-2,4-5,7,9-11,15H2. The largest absolute Gasteiger partial charge is 0.490 e. The normalized spacial score (nSPS) is 19.2. The van der Waals surface area contributed by atoms with Crippen LogP contribution in [0, 0.1) is 0 Å². The lowest BCUT2D eigenvalue weighted by molar-refractivity contribution is -0.122. The van der Waals surface area contributed by atoms with Gasteiger partial charge < -0.3 is 9.84 Å². The molecule has 1 aromatic carbocycles. The van der Waals surface area contributed by atoms with Crippen LogP contribution in [0.3, 0.4) is 0 Å². The number of thioether (sulfide) groups is 1. The number of ether oxygens (including phenoxy) is 1. The Bertz CT molecular complexity index is 832. The minimum Gasteiger partial charge on any atom is -0.490 e. The highest BCUT2D eigenvalue weighted by Gasteiger charge is 2.22. The number of nitrogens with zero attached hydrogens (tertiary/aromatic N) is 1. The van der Waals surface area contributed by atoms with Gasteiger partial charge in [0.2, 0.25) is 0 Å². The molecule has 0 spiro atoms. The van der Waals surface area contributed by atoms with Crippen LogP contribution in [-0.2, 0) is 11.2 Å². The zero-order chi connectivity index (χ0) is 19.3. The molecule has 1 unspecified atom stereocenters. The molecule has 2 aromatic rings. The number of carbonyl (C=O) groups excluding carboxylic acids is 1. The Balaban J connectivity index is 1.49. The Morgan fingerprint density at radius 1 is 1.21 bits per heavy atom. The Labute approximate surface area is 170 Å². The van der Waals surface area contributed by atoms with E-state index >= 15 is 0 Å². The number of rotatable bonds is 7. The van der Waals surface area contributed by atoms with Crippen molar-refractivity contribution in [1.82, 2.24) is 4.98 Å². The number of carbonyl (C=O) groups is 1. The molecule has 1 aliphatic heterocycles. The van der Waals surface area contributed by atoms with Gasteiger partial charge in [0.05, 0.1) is 6.10 Å². The maximum Gasteiger partial charge on any atom is 0.158 e. The number of Topliss-reactive ketones (excluding diaryl/α,β-unsaturated/α-hetero) is 1. The Kier molecular flexibility index (Phi) is 6.33. The SMILES string of the molecule is O=C(CO)CCC1CCc2cc(-c3cccnc3SC3CCCC3)ccc2O1. The number of aliphatic hydroxyl groups excluding tert-OH is 1. The summed E-state index contributed by atoms with van der Waals surface area (Å²) >= 11 is 1.93. The number of pyridine rings is 1. The Morgan fingerprint density at radius 2 is 2.07 bits per heavy atom. The van der Waals surface area contributed by atoms with Gasteiger partial charge in [0.15, 0.2) is 5.78 Å². The lowest BCUT2D eigenvalue weighted by Crippen LogP contribution is -2.24. The summed E-state index contributed by atoms with van der Waals surface area (Å²) in [5.41, 5.74) is 3.63. The average Bonchev–Trinajstić information content (AvgIpc) is 3.25. The van der Waals surface area contributed by atoms with Crippen LogP contribution >= 0.6 is 11.8 Å². The van der Waals surface area contributed by atoms with Crippen molar-refractivity contribution in [3.05, 3.63) is 42.1 Å². The molecule has 28 heavy (non-hydrogen) atoms. The summed E-state index contributed by atoms with van der Waals surface area (Å²) in [7, 11) is 0. The van der Waals surface area contributed by atoms with E-state index in [2.05, 4.69) is 29.2 Å². The fraction of sp³-hybridized carbons (Fsp3) is 0.478. The molecule has 0 saturated heterocycles. The second-order valence-corrected chi connectivity index (χ2v) is 9.01. The van der Waals surface area contributed by atoms with E-state index in [-0.39, 0.29) is 18.5 Å². The highest BCUT2D eigenvalue weighted by molar-refractivity contribution is 8.00. The molecule has 2 heterocycles. The number of ketones is 1. The van der Waals surface area contributed by atoms with Gasteiger partial charge in [-0.3, -0.25) is 4.79 Å². The molecule has 4 nitrogen and oxygen atoms in total. The molecule has 5 heteroatoms. The quantitative estimate of drug-likeness (QED) is 0.726. The lowest BCUT2D eigenvalue weighted by Gasteiger charge is -2.26. The van der Waals surface area contributed by atoms with Crippen LogP contribution in [0.5, 0.6) is 5.75 Å². The number of aromatic nitrogens is 1. The highest BCUT2D eigenvalue weighted by atomic mass is 32.2. The number of aryl methyl sites for hydroxylation is 1. The first-order valence-corrected chi connectivity index (χ1v) is 11.1. The summed E-state index contributed by atoms with van der Waals surface area (Å²) in [6.07, 6.45) is 10.1. The van der Waals surface area contributed by atoms with E-state index in [0.29, 0.717) is 18.1 Å². The third kappa shape index (κ3) is 4.58. The predicted molar refractivity (Wildman–Crippen MR) is 112 cm³/mol. The van der Waals surface area contributed by atoms with Crippen LogP contribution in [0.25, 0.3) is 11.1 Å². The van der Waals surface area contributed by atoms with E-state index in [0.717, 1.165) is 23.6 Å². The van der Waals surface area contributed by atoms with E-state index in [4.69, 9.17) is 9.84 Å². The first-order valence-electron chi connectivity index (χ1n) is 10.3. The molecule has 1 saturated carbocycles. The smallest absolute Gasteiger partial charge is 0.158 e. The maximum atomic E-state index is 11.3. The van der Waals surface area contributed by atoms with Crippen LogP contribution in [-0.4, -0.2) is 33.8 Å². The summed E-state index contributed by atoms with van der Waals surface area (Å²) in [6, 6.07) is 10.6. The van der Waals surface area contributed by atoms with Crippen molar-refractivity contribution in [1.29, 1.82) is 0 Å². The van der Waals surface area contributed by atoms with Crippen LogP contribution in [0.1, 0.15) is 50.5 Å². The van der Waals surface area contributed by atoms with E-state index in [9.17, 15) is 4.79 Å². The molecule has 2 aliphatic rings. The number of hydrogen-bond acceptors (Lipinski definition) is 5. The van der Waals surface area contributed by atoms with Crippen molar-refractivity contribution in [3.63, 3.8) is 0 Å². The predicted octanol–water partition coefficient (Wildman–Crippen LogP) is 4.82. The Hall–Kier alpha value is -1.85. The summed E-state index contributed by atoms with van der Waals surface area (Å²) in [6.45, 7) is -0.376. The fourth-order valence-corrected chi connectivity index (χ4v) is 5.40. The van der Waals surface area contributed by atoms with Gasteiger partial charge in [-0.25, -0.2) is 4.98 Å². The monoisotopic (exact) mass is 397 g/mol. The van der Waals surface area contributed by atoms with Crippen LogP contribution < -0.4 is 4.74 Å². The van der Waals surface area contributed by atoms with Crippen molar-refractivity contribution < 1.29 is 14.6 Å². The third-order valence-corrected chi connectivity index (χ3v) is 7.03. The number of benzene rings is 1. The van der Waals surface area contributed by atoms with Crippen LogP contribution in [0.2, 0.25) is 0 Å². The number of hydrogen-bond donors (Lipinski definition) is 1. The van der Waals surface area contributed by atoms with E-state index in [1.54, 1.807) is 0 Å². The van der Waals surface area contributed by atoms with E-state index < -0.39 is 0 Å². The topological polar surface area (TPSA) is 59.4 Å². The first-order chi connectivity index (χ1) is 13.7. The highest BCUT2D eigenvalue weighted by Crippen LogP contribution is 2.40. The summed E-state index contributed by atoms with van der Waals surface area (Å²) in [5.74, 6) is 0.805. The van der Waals surface area contributed by atoms with Crippen molar-refractivity contribution in [2.75, 3.05) is 6.61 Å². The lowest BCUT2D eigenvalue weighted by atomic mass is 9.96. The van der Waals surface area contributed by atoms with Crippen molar-refractivity contribution >= 4 is 17.5 Å². The Morgan fingerprint density at radius 3 is 2.89 bits per heavy atom. The van der Waals surface area contributed by atoms with Crippen molar-refractivity contribution in [2.24, 2.45) is 0 Å². The second-order valence-electron chi connectivity index (χ2n) is 7.72. The molecule has 0 radical (unpaired) electrons. The summed E-state index contributed by atoms with van der Waals surface area (Å²) in [4.78, 5) is 16.0. The van der Waals surface area contributed by atoms with E-state index in [1.165, 1.54) is 42.4 Å². The molecular weight excluding hydrogens is 370 g/mol. The molecule has 1 fully saturated rings. The third-order valence-electron chi connectivity index (χ3n) is 5.67. The molecule has 1 aliphatic carbocycles. The van der Waals surface area contributed by atoms with Gasteiger partial charge in [-0.05, 0) is 61.4 Å². The molecule has 1 atom stereocenters. The molecule has 148 valence electrons. The molecule has 1 aromatic heterocycles. The van der Waals surface area contributed by atoms with Crippen molar-refractivity contribution in [3.8, 4) is 16.9 Å². The fourth-order valence-electron chi connectivity index (χ4n) is 4.09. The summed E-state index contributed by atoms with van der Waals surface area (Å²) in [5, 5.41) is 10.7. The second kappa shape index (κ2) is 9.10. The van der Waals surface area contributed by atoms with Gasteiger partial charge >= 0.3 is 0 Å². The molecule has 0 bridgehead atoms. The number of fused-ring (bicyclic) bond motifs is 1. The minimum atomic E-state index is -0.376. The molecule has 0 amide bonds. The van der Waals surface area contributed by atoms with Crippen LogP contribution in [0.15, 0.2) is 41.6 Å². The van der Waals surface area contributed by atoms with Gasteiger partial charge in [0.25, 0.3) is 0 Å². The summed E-state index contributed by atoms with van der Waals surface area (Å²) < 4.78 is 6.10. The molecule has 1 N–H and O–H groups in total. The first kappa shape index (κ1) is 19.5. The van der Waals surface area contributed by atoms with Gasteiger partial charge in [0.1, 0.15) is 17.4 Å². The average molecular weight is 398 g/mol. The number of aliphatic hydroxyl groups is 1. The van der Waals surface area contributed by atoms with E-state index in [1.807, 2.05) is 24.0 Å². The zero-order valence-corrected chi connectivity index (χ0v) is 16.9. The maximum absolute atomic E-state index is 11.3. The zero-order valence-electron chi connectivity index (χ0n) is 16.1. The molecular formula is C23H27NO3S. The van der Waals surface area contributed by atoms with Gasteiger partial charge in [-0.2, -0.15) is 0 Å². The van der Waals surface area contributed by atoms with Gasteiger partial charge in [-0.1, -0.05) is 25.0 Å². The van der Waals surface area contributed by atoms with Crippen molar-refractivity contribution in [2.45, 2.75) is 67.7 Å². The minimum absolute atomic E-state index is 0.0562.